The maximum atomic E-state index is 11.9. The van der Waals surface area contributed by atoms with Gasteiger partial charge in [-0.15, -0.1) is 10.2 Å². The zero-order valence-corrected chi connectivity index (χ0v) is 15.3. The highest BCUT2D eigenvalue weighted by Gasteiger charge is 2.32. The SMILES string of the molecule is CC(=O)N[C@H]1C(=O)N=C(SCC(=O)Nc2nnc(C(C)C)s2)NC1=O. The van der Waals surface area contributed by atoms with E-state index in [1.54, 1.807) is 0 Å². The van der Waals surface area contributed by atoms with E-state index in [9.17, 15) is 19.2 Å². The molecule has 1 aliphatic heterocycles. The molecular formula is C13H16N6O4S2. The minimum atomic E-state index is -1.34. The Morgan fingerprint density at radius 3 is 2.60 bits per heavy atom. The summed E-state index contributed by atoms with van der Waals surface area (Å²) in [5, 5.41) is 16.2. The van der Waals surface area contributed by atoms with Crippen LogP contribution >= 0.6 is 23.1 Å². The molecule has 25 heavy (non-hydrogen) atoms. The van der Waals surface area contributed by atoms with Gasteiger partial charge in [0.25, 0.3) is 11.8 Å². The average Bonchev–Trinajstić information content (AvgIpc) is 2.97. The predicted molar refractivity (Wildman–Crippen MR) is 93.3 cm³/mol. The van der Waals surface area contributed by atoms with Crippen LogP contribution < -0.4 is 16.0 Å². The van der Waals surface area contributed by atoms with Crippen LogP contribution in [0, 0.1) is 0 Å². The number of amidine groups is 1. The first kappa shape index (κ1) is 19.0. The molecule has 1 aliphatic rings. The van der Waals surface area contributed by atoms with Crippen LogP contribution in [0.15, 0.2) is 4.99 Å². The van der Waals surface area contributed by atoms with Crippen molar-refractivity contribution in [3.05, 3.63) is 5.01 Å². The van der Waals surface area contributed by atoms with Crippen LogP contribution in [0.4, 0.5) is 5.13 Å². The standard InChI is InChI=1S/C13H16N6O4S2/c1-5(2)11-18-19-13(25-11)15-7(21)4-24-12-16-9(22)8(10(23)17-12)14-6(3)20/h5,8H,4H2,1-3H3,(H,14,20)(H,15,19,21)(H,16,17,22,23). The van der Waals surface area contributed by atoms with Gasteiger partial charge in [0.1, 0.15) is 5.01 Å². The first-order chi connectivity index (χ1) is 11.8. The van der Waals surface area contributed by atoms with Crippen molar-refractivity contribution in [3.63, 3.8) is 0 Å². The summed E-state index contributed by atoms with van der Waals surface area (Å²) in [4.78, 5) is 50.1. The Morgan fingerprint density at radius 2 is 2.04 bits per heavy atom. The molecule has 1 aromatic rings. The van der Waals surface area contributed by atoms with E-state index < -0.39 is 23.8 Å². The van der Waals surface area contributed by atoms with Crippen LogP contribution in [0.5, 0.6) is 0 Å². The number of carbonyl (C=O) groups excluding carboxylic acids is 4. The molecule has 0 radical (unpaired) electrons. The lowest BCUT2D eigenvalue weighted by Gasteiger charge is -2.19. The molecule has 0 saturated carbocycles. The van der Waals surface area contributed by atoms with Crippen LogP contribution in [0.1, 0.15) is 31.7 Å². The van der Waals surface area contributed by atoms with Crippen molar-refractivity contribution in [2.75, 3.05) is 11.1 Å². The van der Waals surface area contributed by atoms with Crippen LogP contribution in [0.2, 0.25) is 0 Å². The van der Waals surface area contributed by atoms with Crippen LogP contribution in [0.3, 0.4) is 0 Å². The number of carbonyl (C=O) groups is 4. The van der Waals surface area contributed by atoms with Crippen molar-refractivity contribution in [3.8, 4) is 0 Å². The molecular weight excluding hydrogens is 368 g/mol. The molecule has 0 bridgehead atoms. The zero-order valence-electron chi connectivity index (χ0n) is 13.7. The van der Waals surface area contributed by atoms with Gasteiger partial charge in [0, 0.05) is 12.8 Å². The molecule has 1 atom stereocenters. The molecule has 0 saturated heterocycles. The third-order valence-electron chi connectivity index (χ3n) is 2.82. The smallest absolute Gasteiger partial charge is 0.280 e. The quantitative estimate of drug-likeness (QED) is 0.599. The van der Waals surface area contributed by atoms with Gasteiger partial charge in [0.05, 0.1) is 5.75 Å². The normalized spacial score (nSPS) is 17.1. The Balaban J connectivity index is 1.88. The van der Waals surface area contributed by atoms with Gasteiger partial charge in [0.15, 0.2) is 11.2 Å². The number of anilines is 1. The van der Waals surface area contributed by atoms with E-state index >= 15 is 0 Å². The second-order valence-electron chi connectivity index (χ2n) is 5.31. The Labute approximate surface area is 151 Å². The third kappa shape index (κ3) is 5.32. The molecule has 1 aromatic heterocycles. The van der Waals surface area contributed by atoms with E-state index in [4.69, 9.17) is 0 Å². The summed E-state index contributed by atoms with van der Waals surface area (Å²) in [7, 11) is 0. The second-order valence-corrected chi connectivity index (χ2v) is 7.29. The average molecular weight is 384 g/mol. The van der Waals surface area contributed by atoms with E-state index in [0.29, 0.717) is 5.13 Å². The fraction of sp³-hybridized carbons (Fsp3) is 0.462. The fourth-order valence-electron chi connectivity index (χ4n) is 1.69. The number of hydrogen-bond donors (Lipinski definition) is 3. The largest absolute Gasteiger partial charge is 0.337 e. The van der Waals surface area contributed by atoms with Crippen molar-refractivity contribution in [2.45, 2.75) is 32.7 Å². The molecule has 0 spiro atoms. The van der Waals surface area contributed by atoms with Gasteiger partial charge in [-0.3, -0.25) is 24.5 Å². The van der Waals surface area contributed by atoms with Crippen molar-refractivity contribution in [2.24, 2.45) is 4.99 Å². The van der Waals surface area contributed by atoms with Crippen LogP contribution in [-0.4, -0.2) is 50.8 Å². The van der Waals surface area contributed by atoms with Gasteiger partial charge in [-0.05, 0) is 0 Å². The van der Waals surface area contributed by atoms with E-state index in [1.165, 1.54) is 18.3 Å². The van der Waals surface area contributed by atoms with E-state index in [2.05, 4.69) is 31.1 Å². The molecule has 134 valence electrons. The molecule has 4 amide bonds. The van der Waals surface area contributed by atoms with Crippen molar-refractivity contribution < 1.29 is 19.2 Å². The fourth-order valence-corrected chi connectivity index (χ4v) is 3.12. The van der Waals surface area contributed by atoms with Gasteiger partial charge in [-0.1, -0.05) is 36.9 Å². The lowest BCUT2D eigenvalue weighted by molar-refractivity contribution is -0.134. The van der Waals surface area contributed by atoms with E-state index in [1.807, 2.05) is 13.8 Å². The zero-order chi connectivity index (χ0) is 18.6. The molecule has 3 N–H and O–H groups in total. The summed E-state index contributed by atoms with van der Waals surface area (Å²) in [6.45, 7) is 5.13. The van der Waals surface area contributed by atoms with Gasteiger partial charge in [0.2, 0.25) is 16.9 Å². The molecule has 0 aromatic carbocycles. The number of rotatable bonds is 5. The summed E-state index contributed by atoms with van der Waals surface area (Å²) in [6, 6.07) is -1.34. The van der Waals surface area contributed by atoms with E-state index in [-0.39, 0.29) is 22.7 Å². The Bertz CT molecular complexity index is 745. The predicted octanol–water partition coefficient (Wildman–Crippen LogP) is -0.150. The van der Waals surface area contributed by atoms with Crippen LogP contribution in [-0.2, 0) is 19.2 Å². The molecule has 10 nitrogen and oxygen atoms in total. The summed E-state index contributed by atoms with van der Waals surface area (Å²) in [5.74, 6) is -2.22. The summed E-state index contributed by atoms with van der Waals surface area (Å²) < 4.78 is 0. The minimum Gasteiger partial charge on any atom is -0.337 e. The maximum absolute atomic E-state index is 11.9. The monoisotopic (exact) mass is 384 g/mol. The van der Waals surface area contributed by atoms with Gasteiger partial charge in [-0.2, -0.15) is 4.99 Å². The van der Waals surface area contributed by atoms with Crippen molar-refractivity contribution in [1.29, 1.82) is 0 Å². The molecule has 12 heteroatoms. The van der Waals surface area contributed by atoms with Crippen molar-refractivity contribution >= 4 is 57.0 Å². The second kappa shape index (κ2) is 8.16. The molecule has 2 rings (SSSR count). The molecule has 0 aliphatic carbocycles. The number of hydrogen-bond acceptors (Lipinski definition) is 8. The third-order valence-corrected chi connectivity index (χ3v) is 4.83. The van der Waals surface area contributed by atoms with Gasteiger partial charge in [-0.25, -0.2) is 0 Å². The molecule has 0 unspecified atom stereocenters. The number of aliphatic imine (C=N–C) groups is 1. The Kier molecular flexibility index (Phi) is 6.20. The minimum absolute atomic E-state index is 0.00638. The highest BCUT2D eigenvalue weighted by Crippen LogP contribution is 2.22. The highest BCUT2D eigenvalue weighted by molar-refractivity contribution is 8.14. The van der Waals surface area contributed by atoms with Gasteiger partial charge < -0.3 is 10.6 Å². The Hall–Kier alpha value is -2.34. The molecule has 0 fully saturated rings. The first-order valence-electron chi connectivity index (χ1n) is 7.22. The topological polar surface area (TPSA) is 143 Å². The maximum Gasteiger partial charge on any atom is 0.280 e. The first-order valence-corrected chi connectivity index (χ1v) is 9.03. The lowest BCUT2D eigenvalue weighted by Crippen LogP contribution is -2.54. The van der Waals surface area contributed by atoms with Crippen LogP contribution in [0.25, 0.3) is 0 Å². The number of thioether (sulfide) groups is 1. The highest BCUT2D eigenvalue weighted by atomic mass is 32.2. The Morgan fingerprint density at radius 1 is 1.32 bits per heavy atom. The van der Waals surface area contributed by atoms with Gasteiger partial charge >= 0.3 is 0 Å². The summed E-state index contributed by atoms with van der Waals surface area (Å²) in [5.41, 5.74) is 0. The summed E-state index contributed by atoms with van der Waals surface area (Å²) >= 11 is 2.17. The lowest BCUT2D eigenvalue weighted by atomic mass is 10.2. The van der Waals surface area contributed by atoms with E-state index in [0.717, 1.165) is 16.8 Å². The molecule has 2 heterocycles. The number of nitrogens with zero attached hydrogens (tertiary/aromatic N) is 3. The number of aromatic nitrogens is 2. The number of nitrogens with one attached hydrogen (secondary N) is 3. The van der Waals surface area contributed by atoms with Crippen molar-refractivity contribution in [1.82, 2.24) is 20.8 Å². The number of amides is 4. The summed E-state index contributed by atoms with van der Waals surface area (Å²) in [6.07, 6.45) is 0.